The zero-order valence-electron chi connectivity index (χ0n) is 18.7. The Morgan fingerprint density at radius 3 is 2.50 bits per heavy atom. The third kappa shape index (κ3) is 3.01. The molecule has 178 valence electrons. The molecule has 6 rings (SSSR count). The van der Waals surface area contributed by atoms with Gasteiger partial charge in [-0.2, -0.15) is 0 Å². The maximum atomic E-state index is 13.4. The number of thiazole rings is 1. The number of aliphatic carboxylic acids is 1. The zero-order chi connectivity index (χ0) is 23.9. The van der Waals surface area contributed by atoms with Crippen LogP contribution in [0.2, 0.25) is 0 Å². The molecule has 7 nitrogen and oxygen atoms in total. The van der Waals surface area contributed by atoms with Gasteiger partial charge in [-0.05, 0) is 54.1 Å². The maximum absolute atomic E-state index is 13.4. The molecule has 1 aromatic carbocycles. The van der Waals surface area contributed by atoms with Gasteiger partial charge in [0.25, 0.3) is 0 Å². The molecule has 7 atom stereocenters. The summed E-state index contributed by atoms with van der Waals surface area (Å²) in [6, 6.07) is 8.16. The number of thioether (sulfide) groups is 1. The Morgan fingerprint density at radius 1 is 1.18 bits per heavy atom. The number of benzene rings is 1. The van der Waals surface area contributed by atoms with Crippen LogP contribution < -0.4 is 4.74 Å². The van der Waals surface area contributed by atoms with Crippen molar-refractivity contribution in [1.29, 1.82) is 0 Å². The topological polar surface area (TPSA) is 88.8 Å². The van der Waals surface area contributed by atoms with Crippen LogP contribution in [0.25, 0.3) is 0 Å². The van der Waals surface area contributed by atoms with Crippen molar-refractivity contribution in [3.8, 4) is 5.75 Å². The summed E-state index contributed by atoms with van der Waals surface area (Å²) in [7, 11) is 3.65. The lowest BCUT2D eigenvalue weighted by molar-refractivity contribution is -0.142. The average molecular weight is 517 g/mol. The Labute approximate surface area is 210 Å². The number of aromatic nitrogens is 1. The number of imide groups is 1. The third-order valence-electron chi connectivity index (χ3n) is 8.18. The zero-order valence-corrected chi connectivity index (χ0v) is 21.1. The number of methoxy groups -OCH3 is 1. The second-order valence-corrected chi connectivity index (χ2v) is 12.4. The molecule has 0 radical (unpaired) electrons. The van der Waals surface area contributed by atoms with Crippen molar-refractivity contribution in [1.82, 2.24) is 9.47 Å². The van der Waals surface area contributed by atoms with E-state index in [1.54, 1.807) is 18.4 Å². The first kappa shape index (κ1) is 22.3. The second kappa shape index (κ2) is 7.93. The highest BCUT2D eigenvalue weighted by atomic mass is 32.2. The van der Waals surface area contributed by atoms with Crippen LogP contribution in [0.1, 0.15) is 29.2 Å². The molecular weight excluding hydrogens is 492 g/mol. The Bertz CT molecular complexity index is 1270. The number of hydrogen-bond acceptors (Lipinski definition) is 7. The smallest absolute Gasteiger partial charge is 0.305 e. The van der Waals surface area contributed by atoms with Crippen molar-refractivity contribution in [3.05, 3.63) is 38.7 Å². The van der Waals surface area contributed by atoms with E-state index in [0.29, 0.717) is 0 Å². The minimum Gasteiger partial charge on any atom is -0.497 e. The number of carboxylic acid groups (broad SMARTS) is 1. The molecule has 2 aliphatic heterocycles. The van der Waals surface area contributed by atoms with Crippen LogP contribution in [0, 0.1) is 33.5 Å². The van der Waals surface area contributed by atoms with Gasteiger partial charge in [-0.15, -0.1) is 23.1 Å². The van der Waals surface area contributed by atoms with Crippen molar-refractivity contribution in [2.24, 2.45) is 36.6 Å². The van der Waals surface area contributed by atoms with Crippen molar-refractivity contribution in [2.45, 2.75) is 29.0 Å². The molecule has 10 heteroatoms. The molecule has 3 heterocycles. The van der Waals surface area contributed by atoms with Gasteiger partial charge in [0.15, 0.2) is 3.95 Å². The highest BCUT2D eigenvalue weighted by molar-refractivity contribution is 8.00. The summed E-state index contributed by atoms with van der Waals surface area (Å²) in [5, 5.41) is 10.5. The van der Waals surface area contributed by atoms with Crippen LogP contribution in [-0.4, -0.2) is 51.3 Å². The van der Waals surface area contributed by atoms with E-state index < -0.39 is 5.97 Å². The summed E-state index contributed by atoms with van der Waals surface area (Å²) in [5.74, 6) is -0.685. The molecule has 2 saturated carbocycles. The molecule has 34 heavy (non-hydrogen) atoms. The maximum Gasteiger partial charge on any atom is 0.305 e. The summed E-state index contributed by atoms with van der Waals surface area (Å²) in [5.41, 5.74) is 1.18. The molecule has 2 amide bonds. The highest BCUT2D eigenvalue weighted by Gasteiger charge is 2.69. The Hall–Kier alpha value is -2.17. The molecule has 1 aromatic heterocycles. The van der Waals surface area contributed by atoms with Crippen LogP contribution in [0.3, 0.4) is 0 Å². The van der Waals surface area contributed by atoms with Gasteiger partial charge in [-0.3, -0.25) is 19.3 Å². The predicted octanol–water partition coefficient (Wildman–Crippen LogP) is 3.77. The fourth-order valence-corrected chi connectivity index (χ4v) is 10.4. The van der Waals surface area contributed by atoms with E-state index in [-0.39, 0.29) is 65.5 Å². The molecule has 2 bridgehead atoms. The predicted molar refractivity (Wildman–Crippen MR) is 130 cm³/mol. The number of fused-ring (bicyclic) bond motifs is 9. The van der Waals surface area contributed by atoms with Crippen LogP contribution in [-0.2, 0) is 21.4 Å². The Balaban J connectivity index is 1.42. The van der Waals surface area contributed by atoms with E-state index >= 15 is 0 Å². The van der Waals surface area contributed by atoms with Crippen LogP contribution in [0.4, 0.5) is 0 Å². The van der Waals surface area contributed by atoms with E-state index in [1.165, 1.54) is 20.4 Å². The first-order chi connectivity index (χ1) is 16.3. The SMILES string of the molecule is COc1ccc([C@@H]2c3sc(=S)n(C)c3S[C@H]3[C@@H]4C[C@H]([C@H]5C(=O)N(CCC(=O)O)C(=O)[C@H]45)[C@@H]23)cc1. The van der Waals surface area contributed by atoms with Crippen molar-refractivity contribution >= 4 is 53.1 Å². The average Bonchev–Trinajstić information content (AvgIpc) is 3.53. The van der Waals surface area contributed by atoms with Crippen LogP contribution >= 0.6 is 35.3 Å². The number of carbonyl (C=O) groups is 3. The molecule has 2 aromatic rings. The number of carboxylic acids is 1. The number of likely N-dealkylation sites (tertiary alicyclic amines) is 1. The van der Waals surface area contributed by atoms with Crippen molar-refractivity contribution < 1.29 is 24.2 Å². The van der Waals surface area contributed by atoms with Crippen LogP contribution in [0.5, 0.6) is 5.75 Å². The molecule has 3 fully saturated rings. The summed E-state index contributed by atoms with van der Waals surface area (Å²) >= 11 is 9.10. The highest BCUT2D eigenvalue weighted by Crippen LogP contribution is 2.69. The van der Waals surface area contributed by atoms with Gasteiger partial charge in [-0.1, -0.05) is 12.1 Å². The number of ether oxygens (including phenoxy) is 1. The van der Waals surface area contributed by atoms with E-state index in [9.17, 15) is 14.4 Å². The summed E-state index contributed by atoms with van der Waals surface area (Å²) in [6.45, 7) is -0.0363. The quantitative estimate of drug-likeness (QED) is 0.478. The second-order valence-electron chi connectivity index (χ2n) is 9.59. The minimum absolute atomic E-state index is 0.0363. The van der Waals surface area contributed by atoms with Gasteiger partial charge >= 0.3 is 5.97 Å². The number of rotatable bonds is 5. The number of hydrogen-bond donors (Lipinski definition) is 1. The van der Waals surface area contributed by atoms with E-state index in [0.717, 1.165) is 16.1 Å². The molecule has 4 aliphatic rings. The molecule has 0 spiro atoms. The summed E-state index contributed by atoms with van der Waals surface area (Å²) in [6.07, 6.45) is 0.658. The normalized spacial score (nSPS) is 33.1. The third-order valence-corrected chi connectivity index (χ3v) is 11.6. The lowest BCUT2D eigenvalue weighted by Gasteiger charge is -2.43. The largest absolute Gasteiger partial charge is 0.497 e. The fourth-order valence-electron chi connectivity index (χ4n) is 6.85. The van der Waals surface area contributed by atoms with Crippen molar-refractivity contribution in [3.63, 3.8) is 0 Å². The van der Waals surface area contributed by atoms with Crippen molar-refractivity contribution in [2.75, 3.05) is 13.7 Å². The van der Waals surface area contributed by atoms with Gasteiger partial charge < -0.3 is 14.4 Å². The van der Waals surface area contributed by atoms with Gasteiger partial charge in [-0.25, -0.2) is 0 Å². The van der Waals surface area contributed by atoms with E-state index in [2.05, 4.69) is 16.7 Å². The van der Waals surface area contributed by atoms with E-state index in [4.69, 9.17) is 22.1 Å². The van der Waals surface area contributed by atoms with Gasteiger partial charge in [0.1, 0.15) is 5.75 Å². The standard InChI is InChI=1S/C24H24N2O5S3/c1-25-23-20(34-24(25)32)15(10-3-5-11(31-2)6-4-10)16-12-9-13(19(16)33-23)18-17(12)21(29)26(22(18)30)8-7-14(27)28/h3-6,12-13,15-19H,7-9H2,1-2H3,(H,27,28)/t12-,13+,15-,16-,17+,18+,19-/m0/s1. The Kier molecular flexibility index (Phi) is 5.20. The number of nitrogens with zero attached hydrogens (tertiary/aromatic N) is 2. The summed E-state index contributed by atoms with van der Waals surface area (Å²) in [4.78, 5) is 40.2. The van der Waals surface area contributed by atoms with Gasteiger partial charge in [0.05, 0.1) is 30.4 Å². The molecular formula is C24H24N2O5S3. The minimum atomic E-state index is -0.999. The lowest BCUT2D eigenvalue weighted by Crippen LogP contribution is -2.43. The first-order valence-corrected chi connectivity index (χ1v) is 13.5. The fraction of sp³-hybridized carbons (Fsp3) is 0.500. The molecule has 1 saturated heterocycles. The van der Waals surface area contributed by atoms with Gasteiger partial charge in [0.2, 0.25) is 11.8 Å². The molecule has 0 unspecified atom stereocenters. The number of amides is 2. The summed E-state index contributed by atoms with van der Waals surface area (Å²) < 4.78 is 8.28. The number of carbonyl (C=O) groups excluding carboxylic acids is 2. The van der Waals surface area contributed by atoms with E-state index in [1.807, 2.05) is 30.9 Å². The monoisotopic (exact) mass is 516 g/mol. The molecule has 1 N–H and O–H groups in total. The Morgan fingerprint density at radius 2 is 1.85 bits per heavy atom. The first-order valence-electron chi connectivity index (χ1n) is 11.4. The van der Waals surface area contributed by atoms with Gasteiger partial charge in [0, 0.05) is 29.6 Å². The molecule has 2 aliphatic carbocycles. The lowest BCUT2D eigenvalue weighted by atomic mass is 9.68. The van der Waals surface area contributed by atoms with Crippen LogP contribution in [0.15, 0.2) is 29.3 Å².